The summed E-state index contributed by atoms with van der Waals surface area (Å²) in [5, 5.41) is 0. The zero-order valence-corrected chi connectivity index (χ0v) is 12.9. The van der Waals surface area contributed by atoms with Crippen molar-refractivity contribution in [1.29, 1.82) is 0 Å². The molecule has 2 N–H and O–H groups in total. The van der Waals surface area contributed by atoms with Gasteiger partial charge in [-0.1, -0.05) is 0 Å². The van der Waals surface area contributed by atoms with Crippen LogP contribution in [0.2, 0.25) is 0 Å². The minimum absolute atomic E-state index is 0.311. The lowest BCUT2D eigenvalue weighted by molar-refractivity contribution is -0.131. The molecular formula is C16H30N2O2. The molecule has 2 fully saturated rings. The highest BCUT2D eigenvalue weighted by molar-refractivity contribution is 5.75. The third-order valence-corrected chi connectivity index (χ3v) is 4.96. The highest BCUT2D eigenvalue weighted by Crippen LogP contribution is 2.27. The third kappa shape index (κ3) is 5.06. The van der Waals surface area contributed by atoms with E-state index in [9.17, 15) is 4.79 Å². The summed E-state index contributed by atoms with van der Waals surface area (Å²) in [5.74, 6) is 1.66. The average molecular weight is 282 g/mol. The van der Waals surface area contributed by atoms with Crippen molar-refractivity contribution in [2.75, 3.05) is 26.8 Å². The quantitative estimate of drug-likeness (QED) is 0.841. The average Bonchev–Trinajstić information content (AvgIpc) is 2.47. The molecule has 1 amide bonds. The van der Waals surface area contributed by atoms with Gasteiger partial charge in [0.25, 0.3) is 0 Å². The normalized spacial score (nSPS) is 28.3. The fourth-order valence-corrected chi connectivity index (χ4v) is 3.41. The maximum atomic E-state index is 12.2. The number of carbonyl (C=O) groups is 1. The van der Waals surface area contributed by atoms with Crippen molar-refractivity contribution in [2.24, 2.45) is 17.6 Å². The van der Waals surface area contributed by atoms with E-state index < -0.39 is 0 Å². The molecule has 4 nitrogen and oxygen atoms in total. The maximum Gasteiger partial charge on any atom is 0.222 e. The highest BCUT2D eigenvalue weighted by atomic mass is 16.5. The van der Waals surface area contributed by atoms with E-state index in [1.54, 1.807) is 0 Å². The first-order valence-electron chi connectivity index (χ1n) is 8.22. The molecule has 4 heteroatoms. The molecule has 0 bridgehead atoms. The number of ether oxygens (including phenoxy) is 1. The smallest absolute Gasteiger partial charge is 0.222 e. The van der Waals surface area contributed by atoms with Crippen LogP contribution in [-0.2, 0) is 9.53 Å². The number of hydrogen-bond acceptors (Lipinski definition) is 3. The van der Waals surface area contributed by atoms with E-state index in [1.165, 1.54) is 12.8 Å². The molecule has 0 aromatic heterocycles. The molecule has 0 aromatic carbocycles. The van der Waals surface area contributed by atoms with Crippen LogP contribution in [0.5, 0.6) is 0 Å². The molecule has 1 saturated carbocycles. The summed E-state index contributed by atoms with van der Waals surface area (Å²) >= 11 is 0. The highest BCUT2D eigenvalue weighted by Gasteiger charge is 2.21. The predicted molar refractivity (Wildman–Crippen MR) is 80.3 cm³/mol. The SMILES string of the molecule is CN(CC1CCOCC1)C(=O)CCC1CCC(N)CC1. The van der Waals surface area contributed by atoms with Crippen molar-refractivity contribution in [3.8, 4) is 0 Å². The molecule has 1 heterocycles. The lowest BCUT2D eigenvalue weighted by Gasteiger charge is -2.29. The van der Waals surface area contributed by atoms with Crippen LogP contribution in [0.4, 0.5) is 0 Å². The second kappa shape index (κ2) is 7.99. The monoisotopic (exact) mass is 282 g/mol. The molecule has 1 saturated heterocycles. The first-order chi connectivity index (χ1) is 9.65. The van der Waals surface area contributed by atoms with E-state index in [2.05, 4.69) is 0 Å². The van der Waals surface area contributed by atoms with E-state index in [4.69, 9.17) is 10.5 Å². The van der Waals surface area contributed by atoms with Gasteiger partial charge in [0.1, 0.15) is 0 Å². The van der Waals surface area contributed by atoms with Crippen molar-refractivity contribution in [1.82, 2.24) is 4.90 Å². The van der Waals surface area contributed by atoms with Gasteiger partial charge < -0.3 is 15.4 Å². The molecule has 1 aliphatic heterocycles. The fraction of sp³-hybridized carbons (Fsp3) is 0.938. The Hall–Kier alpha value is -0.610. The molecule has 1 aliphatic carbocycles. The van der Waals surface area contributed by atoms with Gasteiger partial charge in [-0.15, -0.1) is 0 Å². The molecule has 2 rings (SSSR count). The summed E-state index contributed by atoms with van der Waals surface area (Å²) in [7, 11) is 1.95. The van der Waals surface area contributed by atoms with Gasteiger partial charge in [0, 0.05) is 39.3 Å². The largest absolute Gasteiger partial charge is 0.381 e. The minimum atomic E-state index is 0.311. The Bertz CT molecular complexity index is 295. The van der Waals surface area contributed by atoms with Gasteiger partial charge in [-0.2, -0.15) is 0 Å². The van der Waals surface area contributed by atoms with Crippen molar-refractivity contribution >= 4 is 5.91 Å². The first kappa shape index (κ1) is 15.8. The van der Waals surface area contributed by atoms with Crippen LogP contribution in [0.1, 0.15) is 51.4 Å². The van der Waals surface area contributed by atoms with Crippen LogP contribution in [0.3, 0.4) is 0 Å². The van der Waals surface area contributed by atoms with Crippen LogP contribution in [0.25, 0.3) is 0 Å². The predicted octanol–water partition coefficient (Wildman–Crippen LogP) is 2.17. The van der Waals surface area contributed by atoms with Crippen LogP contribution in [0.15, 0.2) is 0 Å². The standard InChI is InChI=1S/C16H30N2O2/c1-18(12-14-8-10-20-11-9-14)16(19)7-4-13-2-5-15(17)6-3-13/h13-15H,2-12,17H2,1H3. The first-order valence-corrected chi connectivity index (χ1v) is 8.22. The number of amides is 1. The lowest BCUT2D eigenvalue weighted by Crippen LogP contribution is -2.34. The van der Waals surface area contributed by atoms with Crippen LogP contribution < -0.4 is 5.73 Å². The molecular weight excluding hydrogens is 252 g/mol. The topological polar surface area (TPSA) is 55.6 Å². The molecule has 0 atom stereocenters. The van der Waals surface area contributed by atoms with Gasteiger partial charge in [0.05, 0.1) is 0 Å². The number of nitrogens with zero attached hydrogens (tertiary/aromatic N) is 1. The van der Waals surface area contributed by atoms with Gasteiger partial charge in [0.2, 0.25) is 5.91 Å². The Kier molecular flexibility index (Phi) is 6.30. The molecule has 0 radical (unpaired) electrons. The molecule has 0 spiro atoms. The van der Waals surface area contributed by atoms with E-state index in [0.717, 1.165) is 57.8 Å². The number of nitrogens with two attached hydrogens (primary N) is 1. The summed E-state index contributed by atoms with van der Waals surface area (Å²) in [6, 6.07) is 0.401. The summed E-state index contributed by atoms with van der Waals surface area (Å²) in [6.45, 7) is 2.61. The van der Waals surface area contributed by atoms with Gasteiger partial charge >= 0.3 is 0 Å². The molecule has 0 aromatic rings. The third-order valence-electron chi connectivity index (χ3n) is 4.96. The molecule has 0 unspecified atom stereocenters. The Morgan fingerprint density at radius 1 is 1.10 bits per heavy atom. The van der Waals surface area contributed by atoms with Crippen molar-refractivity contribution < 1.29 is 9.53 Å². The van der Waals surface area contributed by atoms with Crippen LogP contribution in [0, 0.1) is 11.8 Å². The number of hydrogen-bond donors (Lipinski definition) is 1. The zero-order chi connectivity index (χ0) is 14.4. The van der Waals surface area contributed by atoms with Gasteiger partial charge in [-0.3, -0.25) is 4.79 Å². The van der Waals surface area contributed by atoms with E-state index in [-0.39, 0.29) is 0 Å². The summed E-state index contributed by atoms with van der Waals surface area (Å²) < 4.78 is 5.36. The van der Waals surface area contributed by atoms with Gasteiger partial charge in [0.15, 0.2) is 0 Å². The Labute approximate surface area is 123 Å². The Balaban J connectivity index is 1.63. The van der Waals surface area contributed by atoms with Crippen LogP contribution in [-0.4, -0.2) is 43.7 Å². The van der Waals surface area contributed by atoms with E-state index in [1.807, 2.05) is 11.9 Å². The summed E-state index contributed by atoms with van der Waals surface area (Å²) in [5.41, 5.74) is 5.92. The summed E-state index contributed by atoms with van der Waals surface area (Å²) in [4.78, 5) is 14.1. The van der Waals surface area contributed by atoms with E-state index >= 15 is 0 Å². The van der Waals surface area contributed by atoms with Crippen LogP contribution >= 0.6 is 0 Å². The molecule has 116 valence electrons. The number of rotatable bonds is 5. The second-order valence-corrected chi connectivity index (χ2v) is 6.65. The Morgan fingerprint density at radius 2 is 1.75 bits per heavy atom. The summed E-state index contributed by atoms with van der Waals surface area (Å²) in [6.07, 6.45) is 8.63. The molecule has 2 aliphatic rings. The Morgan fingerprint density at radius 3 is 2.40 bits per heavy atom. The van der Waals surface area contributed by atoms with Crippen molar-refractivity contribution in [3.05, 3.63) is 0 Å². The number of carbonyl (C=O) groups excluding carboxylic acids is 1. The maximum absolute atomic E-state index is 12.2. The van der Waals surface area contributed by atoms with Gasteiger partial charge in [-0.25, -0.2) is 0 Å². The fourth-order valence-electron chi connectivity index (χ4n) is 3.41. The zero-order valence-electron chi connectivity index (χ0n) is 12.9. The van der Waals surface area contributed by atoms with Crippen molar-refractivity contribution in [3.63, 3.8) is 0 Å². The van der Waals surface area contributed by atoms with E-state index in [0.29, 0.717) is 24.3 Å². The lowest BCUT2D eigenvalue weighted by atomic mass is 9.83. The minimum Gasteiger partial charge on any atom is -0.381 e. The molecule has 20 heavy (non-hydrogen) atoms. The van der Waals surface area contributed by atoms with Crippen molar-refractivity contribution in [2.45, 2.75) is 57.4 Å². The second-order valence-electron chi connectivity index (χ2n) is 6.65. The van der Waals surface area contributed by atoms with Gasteiger partial charge in [-0.05, 0) is 56.8 Å².